The number of rotatable bonds is 7. The molecule has 0 aliphatic heterocycles. The topological polar surface area (TPSA) is 0 Å². The lowest BCUT2D eigenvalue weighted by molar-refractivity contribution is -0.899. The van der Waals surface area contributed by atoms with Crippen LogP contribution in [0, 0.1) is 0 Å². The molecule has 0 rings (SSSR count). The number of unbranched alkanes of at least 4 members (excludes halogenated alkanes) is 1. The van der Waals surface area contributed by atoms with E-state index in [1.807, 2.05) is 6.08 Å². The molecule has 0 saturated heterocycles. The van der Waals surface area contributed by atoms with Gasteiger partial charge in [0.1, 0.15) is 0 Å². The number of hydrogen-bond donors (Lipinski definition) is 0. The smallest absolute Gasteiger partial charge is 0.0998 e. The lowest BCUT2D eigenvalue weighted by atomic mass is 10.2. The number of likely N-dealkylation sites (N-methyl/N-ethyl adjacent to an activating group) is 1. The van der Waals surface area contributed by atoms with Crippen LogP contribution in [0.5, 0.6) is 0 Å². The molecule has 76 valence electrons. The Morgan fingerprint density at radius 2 is 2.08 bits per heavy atom. The maximum atomic E-state index is 3.98. The fourth-order valence-corrected chi connectivity index (χ4v) is 1.74. The maximum Gasteiger partial charge on any atom is 0.0998 e. The van der Waals surface area contributed by atoms with Crippen molar-refractivity contribution >= 4 is 0 Å². The van der Waals surface area contributed by atoms with Crippen LogP contribution in [0.25, 0.3) is 0 Å². The van der Waals surface area contributed by atoms with Crippen molar-refractivity contribution in [1.29, 1.82) is 0 Å². The Bertz CT molecular complexity index is 172. The summed E-state index contributed by atoms with van der Waals surface area (Å²) < 4.78 is 1.06. The SMILES string of the molecule is C=CC[N+](C)(CCCC)CC(=C)C. The predicted octanol–water partition coefficient (Wildman–Crippen LogP) is 3.00. The molecule has 0 aromatic rings. The fourth-order valence-electron chi connectivity index (χ4n) is 1.74. The van der Waals surface area contributed by atoms with E-state index in [1.54, 1.807) is 0 Å². The molecule has 1 unspecified atom stereocenters. The van der Waals surface area contributed by atoms with Gasteiger partial charge < -0.3 is 4.48 Å². The molecule has 1 atom stereocenters. The van der Waals surface area contributed by atoms with Crippen molar-refractivity contribution in [2.24, 2.45) is 0 Å². The highest BCUT2D eigenvalue weighted by atomic mass is 15.3. The average molecular weight is 182 g/mol. The lowest BCUT2D eigenvalue weighted by Gasteiger charge is -2.33. The zero-order chi connectivity index (χ0) is 10.3. The first-order chi connectivity index (χ1) is 6.04. The van der Waals surface area contributed by atoms with Gasteiger partial charge in [0, 0.05) is 0 Å². The maximum absolute atomic E-state index is 3.98. The molecular formula is C12H24N+. The van der Waals surface area contributed by atoms with Crippen molar-refractivity contribution in [2.45, 2.75) is 26.7 Å². The van der Waals surface area contributed by atoms with Crippen molar-refractivity contribution in [2.75, 3.05) is 26.7 Å². The minimum atomic E-state index is 1.05. The average Bonchev–Trinajstić information content (AvgIpc) is 2.00. The van der Waals surface area contributed by atoms with Crippen LogP contribution < -0.4 is 0 Å². The summed E-state index contributed by atoms with van der Waals surface area (Å²) >= 11 is 0. The number of hydrogen-bond acceptors (Lipinski definition) is 0. The lowest BCUT2D eigenvalue weighted by Crippen LogP contribution is -2.45. The van der Waals surface area contributed by atoms with Gasteiger partial charge in [-0.25, -0.2) is 0 Å². The Morgan fingerprint density at radius 3 is 2.46 bits per heavy atom. The van der Waals surface area contributed by atoms with Crippen LogP contribution in [-0.4, -0.2) is 31.2 Å². The van der Waals surface area contributed by atoms with Gasteiger partial charge in [0.15, 0.2) is 0 Å². The second kappa shape index (κ2) is 5.98. The predicted molar refractivity (Wildman–Crippen MR) is 60.7 cm³/mol. The monoisotopic (exact) mass is 182 g/mol. The highest BCUT2D eigenvalue weighted by Gasteiger charge is 2.18. The molecular weight excluding hydrogens is 158 g/mol. The van der Waals surface area contributed by atoms with Gasteiger partial charge in [-0.2, -0.15) is 0 Å². The molecule has 0 saturated carbocycles. The Hall–Kier alpha value is -0.560. The van der Waals surface area contributed by atoms with Crippen molar-refractivity contribution in [3.63, 3.8) is 0 Å². The summed E-state index contributed by atoms with van der Waals surface area (Å²) in [4.78, 5) is 0. The van der Waals surface area contributed by atoms with Gasteiger partial charge >= 0.3 is 0 Å². The molecule has 0 bridgehead atoms. The summed E-state index contributed by atoms with van der Waals surface area (Å²) in [6.07, 6.45) is 4.57. The van der Waals surface area contributed by atoms with Crippen molar-refractivity contribution in [3.05, 3.63) is 24.8 Å². The zero-order valence-electron chi connectivity index (χ0n) is 9.47. The Kier molecular flexibility index (Phi) is 5.72. The van der Waals surface area contributed by atoms with Crippen LogP contribution in [0.1, 0.15) is 26.7 Å². The molecule has 13 heavy (non-hydrogen) atoms. The van der Waals surface area contributed by atoms with Crippen molar-refractivity contribution in [1.82, 2.24) is 0 Å². The molecule has 0 aliphatic carbocycles. The van der Waals surface area contributed by atoms with Crippen LogP contribution in [0.2, 0.25) is 0 Å². The molecule has 0 radical (unpaired) electrons. The molecule has 0 aromatic heterocycles. The van der Waals surface area contributed by atoms with Crippen LogP contribution >= 0.6 is 0 Å². The molecule has 0 aliphatic rings. The van der Waals surface area contributed by atoms with E-state index >= 15 is 0 Å². The summed E-state index contributed by atoms with van der Waals surface area (Å²) in [6, 6.07) is 0. The largest absolute Gasteiger partial charge is 0.319 e. The molecule has 0 heterocycles. The van der Waals surface area contributed by atoms with Gasteiger partial charge in [0.05, 0.1) is 26.7 Å². The summed E-state index contributed by atoms with van der Waals surface area (Å²) in [6.45, 7) is 15.5. The minimum Gasteiger partial charge on any atom is -0.319 e. The van der Waals surface area contributed by atoms with Gasteiger partial charge in [0.2, 0.25) is 0 Å². The Morgan fingerprint density at radius 1 is 1.46 bits per heavy atom. The Labute approximate surface area is 83.3 Å². The fraction of sp³-hybridized carbons (Fsp3) is 0.667. The molecule has 0 fully saturated rings. The third-order valence-electron chi connectivity index (χ3n) is 2.27. The first-order valence-corrected chi connectivity index (χ1v) is 5.13. The van der Waals surface area contributed by atoms with E-state index in [4.69, 9.17) is 0 Å². The number of quaternary nitrogens is 1. The highest BCUT2D eigenvalue weighted by Crippen LogP contribution is 2.09. The van der Waals surface area contributed by atoms with E-state index in [9.17, 15) is 0 Å². The van der Waals surface area contributed by atoms with E-state index in [2.05, 4.69) is 34.1 Å². The summed E-state index contributed by atoms with van der Waals surface area (Å²) in [5.74, 6) is 0. The normalized spacial score (nSPS) is 15.0. The summed E-state index contributed by atoms with van der Waals surface area (Å²) in [5, 5.41) is 0. The van der Waals surface area contributed by atoms with Crippen LogP contribution in [0.15, 0.2) is 24.8 Å². The van der Waals surface area contributed by atoms with E-state index in [-0.39, 0.29) is 0 Å². The number of nitrogens with zero attached hydrogens (tertiary/aromatic N) is 1. The van der Waals surface area contributed by atoms with Crippen LogP contribution in [0.3, 0.4) is 0 Å². The van der Waals surface area contributed by atoms with Crippen molar-refractivity contribution < 1.29 is 4.48 Å². The molecule has 0 amide bonds. The van der Waals surface area contributed by atoms with Gasteiger partial charge in [-0.05, 0) is 25.0 Å². The van der Waals surface area contributed by atoms with Crippen LogP contribution in [-0.2, 0) is 0 Å². The van der Waals surface area contributed by atoms with Gasteiger partial charge in [-0.1, -0.05) is 26.5 Å². The highest BCUT2D eigenvalue weighted by molar-refractivity contribution is 4.88. The molecule has 0 N–H and O–H groups in total. The van der Waals surface area contributed by atoms with E-state index in [1.165, 1.54) is 25.0 Å². The molecule has 1 nitrogen and oxygen atoms in total. The van der Waals surface area contributed by atoms with Crippen molar-refractivity contribution in [3.8, 4) is 0 Å². The zero-order valence-corrected chi connectivity index (χ0v) is 9.47. The first kappa shape index (κ1) is 12.4. The second-order valence-electron chi connectivity index (χ2n) is 4.28. The standard InChI is InChI=1S/C12H24N/c1-6-8-10-13(5,9-7-2)11-12(3)4/h7H,2-3,6,8-11H2,1,4-5H3/q+1. The Balaban J connectivity index is 4.14. The minimum absolute atomic E-state index is 1.05. The summed E-state index contributed by atoms with van der Waals surface area (Å²) in [5.41, 5.74) is 1.26. The third kappa shape index (κ3) is 5.64. The van der Waals surface area contributed by atoms with Gasteiger partial charge in [0.25, 0.3) is 0 Å². The molecule has 0 aromatic carbocycles. The van der Waals surface area contributed by atoms with Gasteiger partial charge in [-0.3, -0.25) is 0 Å². The first-order valence-electron chi connectivity index (χ1n) is 5.13. The third-order valence-corrected chi connectivity index (χ3v) is 2.27. The molecule has 1 heteroatoms. The van der Waals surface area contributed by atoms with E-state index in [0.717, 1.165) is 17.6 Å². The second-order valence-corrected chi connectivity index (χ2v) is 4.28. The van der Waals surface area contributed by atoms with E-state index in [0.29, 0.717) is 0 Å². The van der Waals surface area contributed by atoms with Crippen LogP contribution in [0.4, 0.5) is 0 Å². The van der Waals surface area contributed by atoms with E-state index < -0.39 is 0 Å². The quantitative estimate of drug-likeness (QED) is 0.419. The summed E-state index contributed by atoms with van der Waals surface area (Å²) in [7, 11) is 2.28. The molecule has 0 spiro atoms. The van der Waals surface area contributed by atoms with Gasteiger partial charge in [-0.15, -0.1) is 0 Å².